The lowest BCUT2D eigenvalue weighted by molar-refractivity contribution is -0.452. The molecule has 0 bridgehead atoms. The molecule has 0 N–H and O–H groups in total. The predicted octanol–water partition coefficient (Wildman–Crippen LogP) is 7.73. The Morgan fingerprint density at radius 3 is 1.09 bits per heavy atom. The Balaban J connectivity index is 1.32. The highest BCUT2D eigenvalue weighted by atomic mass is 17.5. The lowest BCUT2D eigenvalue weighted by Gasteiger charge is -2.05. The van der Waals surface area contributed by atoms with Crippen LogP contribution in [-0.4, -0.2) is 37.5 Å². The molecule has 0 amide bonds. The molecule has 12 nitrogen and oxygen atoms in total. The van der Waals surface area contributed by atoms with Gasteiger partial charge >= 0.3 is 24.2 Å². The van der Waals surface area contributed by atoms with Gasteiger partial charge in [-0.2, -0.15) is 0 Å². The monoisotopic (exact) mass is 618 g/mol. The van der Waals surface area contributed by atoms with E-state index in [9.17, 15) is 19.2 Å². The molecule has 0 aliphatic heterocycles. The van der Waals surface area contributed by atoms with E-state index in [1.165, 1.54) is 0 Å². The highest BCUT2D eigenvalue weighted by molar-refractivity contribution is 5.89. The van der Waals surface area contributed by atoms with Crippen LogP contribution in [0.1, 0.15) is 110 Å². The quantitative estimate of drug-likeness (QED) is 0.0585. The second kappa shape index (κ2) is 22.4. The summed E-state index contributed by atoms with van der Waals surface area (Å²) in [5.74, 6) is -1.57. The molecule has 2 aromatic rings. The second-order valence-corrected chi connectivity index (χ2v) is 9.88. The van der Waals surface area contributed by atoms with Crippen LogP contribution in [0.15, 0.2) is 48.5 Å². The van der Waals surface area contributed by atoms with Crippen molar-refractivity contribution >= 4 is 24.2 Å². The lowest BCUT2D eigenvalue weighted by Crippen LogP contribution is -2.12. The van der Waals surface area contributed by atoms with Gasteiger partial charge in [0.05, 0.1) is 34.4 Å². The Morgan fingerprint density at radius 2 is 0.773 bits per heavy atom. The highest BCUT2D eigenvalue weighted by Crippen LogP contribution is 2.12. The van der Waals surface area contributed by atoms with Gasteiger partial charge in [-0.25, -0.2) is 29.0 Å². The van der Waals surface area contributed by atoms with Crippen molar-refractivity contribution in [3.8, 4) is 0 Å². The average molecular weight is 619 g/mol. The summed E-state index contributed by atoms with van der Waals surface area (Å²) in [5.41, 5.74) is 2.69. The van der Waals surface area contributed by atoms with E-state index in [2.05, 4.69) is 29.6 Å². The Bertz CT molecular complexity index is 1030. The van der Waals surface area contributed by atoms with E-state index < -0.39 is 24.2 Å². The van der Waals surface area contributed by atoms with Crippen molar-refractivity contribution in [2.24, 2.45) is 0 Å². The van der Waals surface area contributed by atoms with Crippen molar-refractivity contribution in [1.82, 2.24) is 0 Å². The maximum atomic E-state index is 11.8. The standard InChI is InChI=1S/C32H42O12/c1-3-25-15-19-27(20-16-25)29(33)39-43-41-31(35)37-23-13-11-9-7-5-6-8-10-12-14-24-38-32(36)42-44-40-30(34)28-21-17-26(4-2)18-22-28/h15-22H,3-14,23-24H2,1-2H3. The van der Waals surface area contributed by atoms with Gasteiger partial charge in [0, 0.05) is 0 Å². The molecule has 0 atom stereocenters. The molecular weight excluding hydrogens is 576 g/mol. The zero-order chi connectivity index (χ0) is 31.8. The van der Waals surface area contributed by atoms with Crippen LogP contribution in [0.5, 0.6) is 0 Å². The molecule has 0 aromatic heterocycles. The van der Waals surface area contributed by atoms with Gasteiger partial charge in [0.25, 0.3) is 0 Å². The molecule has 0 fully saturated rings. The number of rotatable bonds is 21. The summed E-state index contributed by atoms with van der Waals surface area (Å²) >= 11 is 0. The summed E-state index contributed by atoms with van der Waals surface area (Å²) in [6.07, 6.45) is 9.09. The molecule has 0 aliphatic rings. The van der Waals surface area contributed by atoms with Crippen molar-refractivity contribution in [1.29, 1.82) is 0 Å². The van der Waals surface area contributed by atoms with Crippen LogP contribution in [0.3, 0.4) is 0 Å². The van der Waals surface area contributed by atoms with E-state index in [1.807, 2.05) is 13.8 Å². The molecule has 0 aliphatic carbocycles. The fraction of sp³-hybridized carbons (Fsp3) is 0.500. The fourth-order valence-corrected chi connectivity index (χ4v) is 3.98. The number of hydrogen-bond acceptors (Lipinski definition) is 12. The van der Waals surface area contributed by atoms with Gasteiger partial charge in [0.2, 0.25) is 0 Å². The summed E-state index contributed by atoms with van der Waals surface area (Å²) in [6, 6.07) is 13.6. The van der Waals surface area contributed by atoms with Crippen LogP contribution >= 0.6 is 0 Å². The number of hydrogen-bond donors (Lipinski definition) is 0. The molecule has 2 aromatic carbocycles. The average Bonchev–Trinajstić information content (AvgIpc) is 3.04. The first-order valence-corrected chi connectivity index (χ1v) is 15.0. The van der Waals surface area contributed by atoms with E-state index in [1.54, 1.807) is 48.5 Å². The first-order chi connectivity index (χ1) is 21.4. The predicted molar refractivity (Wildman–Crippen MR) is 156 cm³/mol. The van der Waals surface area contributed by atoms with E-state index >= 15 is 0 Å². The molecule has 0 unspecified atom stereocenters. The van der Waals surface area contributed by atoms with Crippen molar-refractivity contribution < 1.29 is 58.3 Å². The Hall–Kier alpha value is -4.16. The van der Waals surface area contributed by atoms with E-state index in [4.69, 9.17) is 9.47 Å². The molecule has 44 heavy (non-hydrogen) atoms. The van der Waals surface area contributed by atoms with Crippen LogP contribution in [0.2, 0.25) is 0 Å². The smallest absolute Gasteiger partial charge is 0.432 e. The number of aryl methyl sites for hydroxylation is 2. The maximum absolute atomic E-state index is 11.8. The van der Waals surface area contributed by atoms with Crippen molar-refractivity contribution in [3.05, 3.63) is 70.8 Å². The van der Waals surface area contributed by atoms with Crippen LogP contribution in [-0.2, 0) is 51.9 Å². The first kappa shape index (κ1) is 36.0. The molecule has 242 valence electrons. The topological polar surface area (TPSA) is 142 Å². The van der Waals surface area contributed by atoms with E-state index in [0.717, 1.165) is 75.3 Å². The number of ether oxygens (including phenoxy) is 2. The fourth-order valence-electron chi connectivity index (χ4n) is 3.98. The van der Waals surface area contributed by atoms with Gasteiger partial charge in [0.15, 0.2) is 0 Å². The van der Waals surface area contributed by atoms with Crippen LogP contribution < -0.4 is 0 Å². The molecule has 12 heteroatoms. The van der Waals surface area contributed by atoms with Gasteiger partial charge in [-0.05, 0) is 61.1 Å². The Labute approximate surface area is 257 Å². The number of unbranched alkanes of at least 4 members (excludes halogenated alkanes) is 9. The second-order valence-electron chi connectivity index (χ2n) is 9.88. The van der Waals surface area contributed by atoms with Crippen molar-refractivity contribution in [2.75, 3.05) is 13.2 Å². The molecule has 0 saturated carbocycles. The normalized spacial score (nSPS) is 10.5. The van der Waals surface area contributed by atoms with Gasteiger partial charge in [-0.15, -0.1) is 0 Å². The summed E-state index contributed by atoms with van der Waals surface area (Å²) in [7, 11) is 0. The summed E-state index contributed by atoms with van der Waals surface area (Å²) in [6.45, 7) is 4.36. The summed E-state index contributed by atoms with van der Waals surface area (Å²) in [4.78, 5) is 64.0. The van der Waals surface area contributed by atoms with Gasteiger partial charge in [-0.1, -0.05) is 89.5 Å². The third-order valence-electron chi connectivity index (χ3n) is 6.60. The molecule has 0 heterocycles. The van der Waals surface area contributed by atoms with Gasteiger partial charge < -0.3 is 9.47 Å². The van der Waals surface area contributed by atoms with E-state index in [0.29, 0.717) is 12.8 Å². The zero-order valence-electron chi connectivity index (χ0n) is 25.4. The largest absolute Gasteiger partial charge is 0.543 e. The Kier molecular flexibility index (Phi) is 18.3. The molecular formula is C32H42O12. The van der Waals surface area contributed by atoms with Crippen molar-refractivity contribution in [2.45, 2.75) is 90.9 Å². The minimum absolute atomic E-state index is 0.176. The van der Waals surface area contributed by atoms with Gasteiger partial charge in [-0.3, -0.25) is 9.78 Å². The maximum Gasteiger partial charge on any atom is 0.543 e. The summed E-state index contributed by atoms with van der Waals surface area (Å²) < 4.78 is 9.75. The molecule has 0 saturated heterocycles. The van der Waals surface area contributed by atoms with Crippen LogP contribution in [0.25, 0.3) is 0 Å². The van der Waals surface area contributed by atoms with Gasteiger partial charge in [0.1, 0.15) is 0 Å². The molecule has 0 radical (unpaired) electrons. The minimum Gasteiger partial charge on any atom is -0.432 e. The first-order valence-electron chi connectivity index (χ1n) is 15.0. The van der Waals surface area contributed by atoms with Crippen molar-refractivity contribution in [3.63, 3.8) is 0 Å². The number of carbonyl (C=O) groups excluding carboxylic acids is 4. The SMILES string of the molecule is CCc1ccc(C(=O)OOOC(=O)OCCCCCCCCCCCCOC(=O)OOOC(=O)c2ccc(CC)cc2)cc1. The number of carbonyl (C=O) groups is 4. The highest BCUT2D eigenvalue weighted by Gasteiger charge is 2.13. The minimum atomic E-state index is -1.08. The number of benzene rings is 2. The lowest BCUT2D eigenvalue weighted by atomic mass is 10.1. The van der Waals surface area contributed by atoms with E-state index in [-0.39, 0.29) is 24.3 Å². The van der Waals surface area contributed by atoms with Crippen LogP contribution in [0, 0.1) is 0 Å². The molecule has 2 rings (SSSR count). The third-order valence-corrected chi connectivity index (χ3v) is 6.60. The third kappa shape index (κ3) is 15.9. The zero-order valence-corrected chi connectivity index (χ0v) is 25.4. The molecule has 0 spiro atoms. The van der Waals surface area contributed by atoms with Crippen LogP contribution in [0.4, 0.5) is 9.59 Å². The Morgan fingerprint density at radius 1 is 0.455 bits per heavy atom. The summed E-state index contributed by atoms with van der Waals surface area (Å²) in [5, 5.41) is 8.42.